The van der Waals surface area contributed by atoms with E-state index < -0.39 is 0 Å². The predicted octanol–water partition coefficient (Wildman–Crippen LogP) is 2.81. The van der Waals surface area contributed by atoms with Crippen molar-refractivity contribution in [3.63, 3.8) is 0 Å². The van der Waals surface area contributed by atoms with Crippen LogP contribution in [0.2, 0.25) is 0 Å². The van der Waals surface area contributed by atoms with Gasteiger partial charge in [0, 0.05) is 16.2 Å². The molecule has 0 aromatic heterocycles. The summed E-state index contributed by atoms with van der Waals surface area (Å²) >= 11 is 1.64. The summed E-state index contributed by atoms with van der Waals surface area (Å²) in [4.78, 5) is 1.03. The number of benzene rings is 1. The van der Waals surface area contributed by atoms with Crippen LogP contribution in [0.3, 0.4) is 0 Å². The second kappa shape index (κ2) is 6.77. The zero-order valence-electron chi connectivity index (χ0n) is 10.8. The topological polar surface area (TPSA) is 38.7 Å². The number of thioether (sulfide) groups is 1. The summed E-state index contributed by atoms with van der Waals surface area (Å²) in [6.07, 6.45) is 0. The average Bonchev–Trinajstić information content (AvgIpc) is 2.35. The van der Waals surface area contributed by atoms with Crippen LogP contribution in [0.1, 0.15) is 13.8 Å². The first-order valence-corrected chi connectivity index (χ1v) is 6.49. The molecule has 0 amide bonds. The monoisotopic (exact) mass is 256 g/mol. The molecule has 4 heteroatoms. The van der Waals surface area contributed by atoms with E-state index in [0.29, 0.717) is 5.92 Å². The lowest BCUT2D eigenvalue weighted by atomic mass is 10.1. The fraction of sp³-hybridized carbons (Fsp3) is 0.538. The van der Waals surface area contributed by atoms with E-state index in [1.807, 2.05) is 18.2 Å². The van der Waals surface area contributed by atoms with Crippen LogP contribution in [-0.2, 0) is 0 Å². The SMILES string of the molecule is COc1ccc(SC(CO)C(C)C)c(OC)c1. The quantitative estimate of drug-likeness (QED) is 0.794. The lowest BCUT2D eigenvalue weighted by molar-refractivity contribution is 0.275. The smallest absolute Gasteiger partial charge is 0.136 e. The summed E-state index contributed by atoms with van der Waals surface area (Å²) in [5.41, 5.74) is 0. The van der Waals surface area contributed by atoms with Crippen molar-refractivity contribution < 1.29 is 14.6 Å². The highest BCUT2D eigenvalue weighted by atomic mass is 32.2. The van der Waals surface area contributed by atoms with Crippen molar-refractivity contribution in [3.05, 3.63) is 18.2 Å². The fourth-order valence-corrected chi connectivity index (χ4v) is 2.50. The van der Waals surface area contributed by atoms with E-state index in [4.69, 9.17) is 9.47 Å². The van der Waals surface area contributed by atoms with E-state index in [1.54, 1.807) is 26.0 Å². The van der Waals surface area contributed by atoms with Gasteiger partial charge in [-0.15, -0.1) is 11.8 Å². The molecule has 17 heavy (non-hydrogen) atoms. The second-order valence-electron chi connectivity index (χ2n) is 4.10. The van der Waals surface area contributed by atoms with E-state index in [2.05, 4.69) is 13.8 Å². The van der Waals surface area contributed by atoms with Crippen LogP contribution >= 0.6 is 11.8 Å². The highest BCUT2D eigenvalue weighted by Crippen LogP contribution is 2.36. The summed E-state index contributed by atoms with van der Waals surface area (Å²) in [7, 11) is 3.27. The molecule has 0 aliphatic heterocycles. The fourth-order valence-electron chi connectivity index (χ4n) is 1.42. The van der Waals surface area contributed by atoms with Gasteiger partial charge in [-0.25, -0.2) is 0 Å². The molecule has 1 atom stereocenters. The first kappa shape index (κ1) is 14.2. The molecular formula is C13H20O3S. The van der Waals surface area contributed by atoms with Crippen LogP contribution in [0.15, 0.2) is 23.1 Å². The number of ether oxygens (including phenoxy) is 2. The molecule has 1 N–H and O–H groups in total. The molecule has 0 heterocycles. The summed E-state index contributed by atoms with van der Waals surface area (Å²) in [5, 5.41) is 9.51. The molecule has 1 aromatic carbocycles. The second-order valence-corrected chi connectivity index (χ2v) is 5.38. The molecule has 3 nitrogen and oxygen atoms in total. The summed E-state index contributed by atoms with van der Waals surface area (Å²) < 4.78 is 10.5. The van der Waals surface area contributed by atoms with Crippen LogP contribution in [0.4, 0.5) is 0 Å². The van der Waals surface area contributed by atoms with E-state index >= 15 is 0 Å². The molecule has 0 aliphatic rings. The van der Waals surface area contributed by atoms with Gasteiger partial charge in [0.1, 0.15) is 11.5 Å². The Morgan fingerprint density at radius 1 is 1.24 bits per heavy atom. The minimum absolute atomic E-state index is 0.164. The molecular weight excluding hydrogens is 236 g/mol. The maximum absolute atomic E-state index is 9.34. The third-order valence-electron chi connectivity index (χ3n) is 2.57. The molecule has 1 unspecified atom stereocenters. The molecule has 0 saturated carbocycles. The minimum atomic E-state index is 0.164. The maximum Gasteiger partial charge on any atom is 0.136 e. The Morgan fingerprint density at radius 2 is 1.94 bits per heavy atom. The number of methoxy groups -OCH3 is 2. The van der Waals surface area contributed by atoms with Crippen molar-refractivity contribution in [1.82, 2.24) is 0 Å². The van der Waals surface area contributed by atoms with Crippen LogP contribution in [0.25, 0.3) is 0 Å². The zero-order chi connectivity index (χ0) is 12.8. The Kier molecular flexibility index (Phi) is 5.65. The van der Waals surface area contributed by atoms with Crippen molar-refractivity contribution in [3.8, 4) is 11.5 Å². The molecule has 1 aromatic rings. The zero-order valence-corrected chi connectivity index (χ0v) is 11.6. The van der Waals surface area contributed by atoms with Crippen molar-refractivity contribution in [2.45, 2.75) is 24.0 Å². The Bertz CT molecular complexity index is 353. The maximum atomic E-state index is 9.34. The largest absolute Gasteiger partial charge is 0.497 e. The number of aliphatic hydroxyl groups excluding tert-OH is 1. The van der Waals surface area contributed by atoms with Gasteiger partial charge < -0.3 is 14.6 Å². The van der Waals surface area contributed by atoms with Gasteiger partial charge in [-0.2, -0.15) is 0 Å². The minimum Gasteiger partial charge on any atom is -0.497 e. The average molecular weight is 256 g/mol. The van der Waals surface area contributed by atoms with Gasteiger partial charge in [0.25, 0.3) is 0 Å². The normalized spacial score (nSPS) is 12.6. The number of hydrogen-bond acceptors (Lipinski definition) is 4. The highest BCUT2D eigenvalue weighted by molar-refractivity contribution is 8.00. The van der Waals surface area contributed by atoms with Crippen molar-refractivity contribution >= 4 is 11.8 Å². The number of aliphatic hydroxyl groups is 1. The Labute approximate surface area is 107 Å². The van der Waals surface area contributed by atoms with Crippen molar-refractivity contribution in [1.29, 1.82) is 0 Å². The van der Waals surface area contributed by atoms with Crippen LogP contribution in [-0.4, -0.2) is 31.2 Å². The van der Waals surface area contributed by atoms with E-state index in [0.717, 1.165) is 16.4 Å². The number of rotatable bonds is 6. The molecule has 0 radical (unpaired) electrons. The van der Waals surface area contributed by atoms with Gasteiger partial charge in [0.15, 0.2) is 0 Å². The van der Waals surface area contributed by atoms with Crippen LogP contribution in [0, 0.1) is 5.92 Å². The Balaban J connectivity index is 2.89. The first-order valence-electron chi connectivity index (χ1n) is 5.62. The van der Waals surface area contributed by atoms with Crippen molar-refractivity contribution in [2.24, 2.45) is 5.92 Å². The molecule has 0 spiro atoms. The van der Waals surface area contributed by atoms with Gasteiger partial charge in [0.2, 0.25) is 0 Å². The van der Waals surface area contributed by atoms with E-state index in [-0.39, 0.29) is 11.9 Å². The van der Waals surface area contributed by atoms with Crippen LogP contribution < -0.4 is 9.47 Å². The first-order chi connectivity index (χ1) is 8.12. The highest BCUT2D eigenvalue weighted by Gasteiger charge is 2.16. The number of hydrogen-bond donors (Lipinski definition) is 1. The summed E-state index contributed by atoms with van der Waals surface area (Å²) in [6.45, 7) is 4.37. The lowest BCUT2D eigenvalue weighted by Crippen LogP contribution is -2.15. The van der Waals surface area contributed by atoms with Crippen molar-refractivity contribution in [2.75, 3.05) is 20.8 Å². The Hall–Kier alpha value is -0.870. The summed E-state index contributed by atoms with van der Waals surface area (Å²) in [6, 6.07) is 5.73. The van der Waals surface area contributed by atoms with Gasteiger partial charge >= 0.3 is 0 Å². The third-order valence-corrected chi connectivity index (χ3v) is 4.16. The van der Waals surface area contributed by atoms with Gasteiger partial charge in [-0.05, 0) is 18.1 Å². The van der Waals surface area contributed by atoms with Gasteiger partial charge in [-0.1, -0.05) is 13.8 Å². The predicted molar refractivity (Wildman–Crippen MR) is 71.1 cm³/mol. The Morgan fingerprint density at radius 3 is 2.41 bits per heavy atom. The standard InChI is InChI=1S/C13H20O3S/c1-9(2)13(8-14)17-12-6-5-10(15-3)7-11(12)16-4/h5-7,9,13-14H,8H2,1-4H3. The van der Waals surface area contributed by atoms with E-state index in [1.165, 1.54) is 0 Å². The van der Waals surface area contributed by atoms with Gasteiger partial charge in [-0.3, -0.25) is 0 Å². The molecule has 0 bridgehead atoms. The molecule has 0 fully saturated rings. The van der Waals surface area contributed by atoms with Gasteiger partial charge in [0.05, 0.1) is 20.8 Å². The summed E-state index contributed by atoms with van der Waals surface area (Å²) in [5.74, 6) is 1.97. The molecule has 96 valence electrons. The third kappa shape index (κ3) is 3.82. The lowest BCUT2D eigenvalue weighted by Gasteiger charge is -2.19. The molecule has 0 aliphatic carbocycles. The molecule has 0 saturated heterocycles. The van der Waals surface area contributed by atoms with Crippen LogP contribution in [0.5, 0.6) is 11.5 Å². The molecule has 1 rings (SSSR count). The van der Waals surface area contributed by atoms with E-state index in [9.17, 15) is 5.11 Å².